The van der Waals surface area contributed by atoms with E-state index in [2.05, 4.69) is 19.8 Å². The van der Waals surface area contributed by atoms with Crippen molar-refractivity contribution < 1.29 is 52.2 Å². The Kier molecular flexibility index (Phi) is 23.2. The number of esters is 2. The summed E-state index contributed by atoms with van der Waals surface area (Å²) in [6.07, 6.45) is -0.158. The maximum absolute atomic E-state index is 12.1. The van der Waals surface area contributed by atoms with Crippen molar-refractivity contribution in [1.82, 2.24) is 19.8 Å². The smallest absolute Gasteiger partial charge is 0.356 e. The summed E-state index contributed by atoms with van der Waals surface area (Å²) >= 11 is 1.75. The lowest BCUT2D eigenvalue weighted by Gasteiger charge is -2.25. The lowest BCUT2D eigenvalue weighted by molar-refractivity contribution is -0.0238. The molecule has 0 radical (unpaired) electrons. The molecule has 3 heterocycles. The number of hydrogen-bond donors (Lipinski definition) is 0. The Morgan fingerprint density at radius 1 is 0.672 bits per heavy atom. The van der Waals surface area contributed by atoms with Gasteiger partial charge in [-0.2, -0.15) is 11.8 Å². The Morgan fingerprint density at radius 2 is 1.21 bits per heavy atom. The third kappa shape index (κ3) is 19.4. The number of hydrogen-bond acceptors (Lipinski definition) is 16. The van der Waals surface area contributed by atoms with E-state index < -0.39 is 11.9 Å². The highest BCUT2D eigenvalue weighted by Crippen LogP contribution is 2.12. The van der Waals surface area contributed by atoms with Crippen LogP contribution in [0.15, 0.2) is 60.7 Å². The van der Waals surface area contributed by atoms with Gasteiger partial charge in [-0.15, -0.1) is 0 Å². The number of aromatic nitrogens is 2. The van der Waals surface area contributed by atoms with Gasteiger partial charge in [0.15, 0.2) is 0 Å². The molecule has 58 heavy (non-hydrogen) atoms. The van der Waals surface area contributed by atoms with Crippen molar-refractivity contribution in [3.8, 4) is 5.75 Å². The van der Waals surface area contributed by atoms with Crippen molar-refractivity contribution in [3.63, 3.8) is 0 Å². The molecule has 0 amide bonds. The minimum atomic E-state index is -0.473. The largest absolute Gasteiger partial charge is 0.491 e. The second-order valence-electron chi connectivity index (χ2n) is 13.3. The van der Waals surface area contributed by atoms with E-state index in [1.807, 2.05) is 49.4 Å². The monoisotopic (exact) mass is 828 g/mol. The first kappa shape index (κ1) is 47.0. The van der Waals surface area contributed by atoms with E-state index in [0.29, 0.717) is 119 Å². The van der Waals surface area contributed by atoms with Crippen molar-refractivity contribution in [3.05, 3.63) is 89.0 Å². The average molecular weight is 829 g/mol. The first-order valence-corrected chi connectivity index (χ1v) is 20.9. The van der Waals surface area contributed by atoms with E-state index >= 15 is 0 Å². The van der Waals surface area contributed by atoms with E-state index in [0.717, 1.165) is 28.6 Å². The predicted octanol–water partition coefficient (Wildman–Crippen LogP) is 3.96. The SMILES string of the molecule is COC(=O)c1cccc(CN2CCOCCOCCN(Cc3cccc(C(=O)OC)n3)CCO[C@H](CSCCOCCOCCOc3ccc(C)cc3)COCC2)n1. The molecule has 16 heteroatoms. The zero-order valence-corrected chi connectivity index (χ0v) is 35.0. The third-order valence-electron chi connectivity index (χ3n) is 8.83. The van der Waals surface area contributed by atoms with E-state index in [1.54, 1.807) is 30.0 Å². The molecule has 0 bridgehead atoms. The van der Waals surface area contributed by atoms with Crippen LogP contribution in [0, 0.1) is 6.92 Å². The number of nitrogens with zero attached hydrogens (tertiary/aromatic N) is 4. The Labute approximate surface area is 346 Å². The highest BCUT2D eigenvalue weighted by Gasteiger charge is 2.16. The van der Waals surface area contributed by atoms with Crippen LogP contribution in [0.25, 0.3) is 0 Å². The molecule has 0 unspecified atom stereocenters. The quantitative estimate of drug-likeness (QED) is 0.134. The second kappa shape index (κ2) is 28.7. The highest BCUT2D eigenvalue weighted by molar-refractivity contribution is 7.99. The molecule has 0 saturated carbocycles. The zero-order chi connectivity index (χ0) is 41.0. The van der Waals surface area contributed by atoms with E-state index in [1.165, 1.54) is 19.8 Å². The first-order valence-electron chi connectivity index (χ1n) is 19.7. The Hall–Kier alpha value is -3.71. The lowest BCUT2D eigenvalue weighted by Crippen LogP contribution is -2.35. The van der Waals surface area contributed by atoms with Crippen LogP contribution in [0.3, 0.4) is 0 Å². The summed E-state index contributed by atoms with van der Waals surface area (Å²) in [7, 11) is 2.69. The molecule has 1 saturated heterocycles. The van der Waals surface area contributed by atoms with Gasteiger partial charge in [0.2, 0.25) is 0 Å². The number of pyridine rings is 2. The molecule has 320 valence electrons. The summed E-state index contributed by atoms with van der Waals surface area (Å²) in [5.74, 6) is 1.42. The standard InChI is InChI=1S/C42H60N4O11S/c1-34-10-12-37(13-11-34)57-27-26-53-24-25-54-28-29-58-33-38-32-55-20-16-45(30-35-6-4-8-39(43-35)41(47)49-2)14-18-51-22-23-52-19-15-46(17-21-56-38)31-36-7-5-9-40(44-36)42(48)50-3/h4-13,38H,14-33H2,1-3H3/t38-/m0/s1. The van der Waals surface area contributed by atoms with Crippen molar-refractivity contribution in [2.45, 2.75) is 26.1 Å². The number of aryl methyl sites for hydroxylation is 1. The molecule has 0 spiro atoms. The summed E-state index contributed by atoms with van der Waals surface area (Å²) in [5, 5.41) is 0. The summed E-state index contributed by atoms with van der Waals surface area (Å²) < 4.78 is 51.4. The van der Waals surface area contributed by atoms with E-state index in [4.69, 9.17) is 42.6 Å². The minimum Gasteiger partial charge on any atom is -0.491 e. The number of benzene rings is 1. The van der Waals surface area contributed by atoms with Crippen LogP contribution >= 0.6 is 11.8 Å². The van der Waals surface area contributed by atoms with E-state index in [9.17, 15) is 9.59 Å². The summed E-state index contributed by atoms with van der Waals surface area (Å²) in [4.78, 5) is 37.6. The molecule has 1 aromatic carbocycles. The number of methoxy groups -OCH3 is 2. The molecule has 2 aromatic heterocycles. The molecule has 4 rings (SSSR count). The average Bonchev–Trinajstić information content (AvgIpc) is 3.24. The van der Waals surface area contributed by atoms with Crippen molar-refractivity contribution in [1.29, 1.82) is 0 Å². The van der Waals surface area contributed by atoms with Gasteiger partial charge in [0, 0.05) is 50.8 Å². The summed E-state index contributed by atoms with van der Waals surface area (Å²) in [6, 6.07) is 18.6. The van der Waals surface area contributed by atoms with Gasteiger partial charge in [0.1, 0.15) is 23.7 Å². The van der Waals surface area contributed by atoms with Gasteiger partial charge in [0.25, 0.3) is 0 Å². The number of rotatable bonds is 18. The molecule has 0 N–H and O–H groups in total. The second-order valence-corrected chi connectivity index (χ2v) is 14.5. The Balaban J connectivity index is 1.26. The Bertz CT molecular complexity index is 1590. The van der Waals surface area contributed by atoms with Gasteiger partial charge in [-0.3, -0.25) is 9.80 Å². The van der Waals surface area contributed by atoms with Crippen LogP contribution in [0.1, 0.15) is 37.9 Å². The molecule has 3 aromatic rings. The fourth-order valence-corrected chi connectivity index (χ4v) is 6.55. The van der Waals surface area contributed by atoms with Crippen LogP contribution in [-0.4, -0.2) is 169 Å². The molecule has 1 atom stereocenters. The van der Waals surface area contributed by atoms with Crippen LogP contribution in [0.4, 0.5) is 0 Å². The molecular weight excluding hydrogens is 769 g/mol. The van der Waals surface area contributed by atoms with Crippen LogP contribution in [0.5, 0.6) is 5.75 Å². The van der Waals surface area contributed by atoms with Crippen LogP contribution in [0.2, 0.25) is 0 Å². The van der Waals surface area contributed by atoms with Gasteiger partial charge in [0.05, 0.1) is 104 Å². The van der Waals surface area contributed by atoms with Crippen molar-refractivity contribution in [2.75, 3.05) is 131 Å². The maximum atomic E-state index is 12.1. The van der Waals surface area contributed by atoms with Crippen molar-refractivity contribution >= 4 is 23.7 Å². The maximum Gasteiger partial charge on any atom is 0.356 e. The van der Waals surface area contributed by atoms with Crippen molar-refractivity contribution in [2.24, 2.45) is 0 Å². The molecule has 1 fully saturated rings. The Morgan fingerprint density at radius 3 is 1.79 bits per heavy atom. The number of carbonyl (C=O) groups is 2. The van der Waals surface area contributed by atoms with E-state index in [-0.39, 0.29) is 17.5 Å². The normalized spacial score (nSPS) is 17.2. The topological polar surface area (TPSA) is 149 Å². The lowest BCUT2D eigenvalue weighted by atomic mass is 10.2. The molecule has 1 aliphatic heterocycles. The van der Waals surface area contributed by atoms with Gasteiger partial charge < -0.3 is 42.6 Å². The van der Waals surface area contributed by atoms with Gasteiger partial charge in [-0.25, -0.2) is 19.6 Å². The molecule has 1 aliphatic rings. The fourth-order valence-electron chi connectivity index (χ4n) is 5.69. The molecule has 15 nitrogen and oxygen atoms in total. The van der Waals surface area contributed by atoms with Crippen LogP contribution < -0.4 is 4.74 Å². The fraction of sp³-hybridized carbons (Fsp3) is 0.571. The zero-order valence-electron chi connectivity index (χ0n) is 34.2. The molecule has 0 aliphatic carbocycles. The van der Waals surface area contributed by atoms with Gasteiger partial charge in [-0.1, -0.05) is 29.8 Å². The number of carbonyl (C=O) groups excluding carboxylic acids is 2. The highest BCUT2D eigenvalue weighted by atomic mass is 32.2. The van der Waals surface area contributed by atoms with Crippen LogP contribution in [-0.2, 0) is 51.0 Å². The number of ether oxygens (including phenoxy) is 9. The minimum absolute atomic E-state index is 0.158. The first-order chi connectivity index (χ1) is 28.4. The van der Waals surface area contributed by atoms with Gasteiger partial charge >= 0.3 is 11.9 Å². The summed E-state index contributed by atoms with van der Waals surface area (Å²) in [5.41, 5.74) is 3.24. The van der Waals surface area contributed by atoms with Gasteiger partial charge in [-0.05, 0) is 43.3 Å². The summed E-state index contributed by atoms with van der Waals surface area (Å²) in [6.45, 7) is 11.4. The molecular formula is C42H60N4O11S. The number of thioether (sulfide) groups is 1. The third-order valence-corrected chi connectivity index (χ3v) is 9.89. The predicted molar refractivity (Wildman–Crippen MR) is 220 cm³/mol.